The maximum atomic E-state index is 12.6. The zero-order valence-electron chi connectivity index (χ0n) is 14.6. The van der Waals surface area contributed by atoms with Gasteiger partial charge in [0.25, 0.3) is 5.91 Å². The van der Waals surface area contributed by atoms with E-state index in [0.717, 1.165) is 47.6 Å². The number of carbonyl (C=O) groups is 1. The van der Waals surface area contributed by atoms with Gasteiger partial charge >= 0.3 is 0 Å². The number of carbonyl (C=O) groups excluding carboxylic acids is 1. The number of thiocarbonyl (C=S) groups is 1. The SMILES string of the molecule is COc1ccc(NC(=O)c2oc3c(c2C)/C(=N/NC(N)=S)CCC3)cc1. The first-order valence-corrected chi connectivity index (χ1v) is 8.60. The lowest BCUT2D eigenvalue weighted by atomic mass is 9.93. The highest BCUT2D eigenvalue weighted by atomic mass is 32.1. The normalized spacial score (nSPS) is 14.6. The van der Waals surface area contributed by atoms with Crippen LogP contribution in [0, 0.1) is 6.92 Å². The number of hydrazone groups is 1. The summed E-state index contributed by atoms with van der Waals surface area (Å²) in [5, 5.41) is 7.20. The molecule has 0 bridgehead atoms. The number of nitrogens with one attached hydrogen (secondary N) is 2. The molecule has 7 nitrogen and oxygen atoms in total. The van der Waals surface area contributed by atoms with E-state index in [1.54, 1.807) is 31.4 Å². The van der Waals surface area contributed by atoms with Crippen molar-refractivity contribution >= 4 is 34.6 Å². The molecule has 1 aromatic heterocycles. The first-order valence-electron chi connectivity index (χ1n) is 8.19. The van der Waals surface area contributed by atoms with E-state index in [0.29, 0.717) is 5.69 Å². The monoisotopic (exact) mass is 372 g/mol. The summed E-state index contributed by atoms with van der Waals surface area (Å²) in [6.07, 6.45) is 2.41. The minimum atomic E-state index is -0.302. The standard InChI is InChI=1S/C18H20N4O3S/c1-10-15-13(21-22-18(19)26)4-3-5-14(15)25-16(10)17(23)20-11-6-8-12(24-2)9-7-11/h6-9H,3-5H2,1-2H3,(H,20,23)(H3,19,22,26)/b21-13+. The van der Waals surface area contributed by atoms with Crippen molar-refractivity contribution in [1.82, 2.24) is 5.43 Å². The Morgan fingerprint density at radius 2 is 2.04 bits per heavy atom. The molecule has 0 fully saturated rings. The quantitative estimate of drug-likeness (QED) is 0.563. The lowest BCUT2D eigenvalue weighted by molar-refractivity contribution is 0.0994. The molecule has 0 radical (unpaired) electrons. The average molecular weight is 372 g/mol. The molecule has 0 saturated carbocycles. The van der Waals surface area contributed by atoms with Crippen molar-refractivity contribution in [3.05, 3.63) is 46.9 Å². The zero-order valence-corrected chi connectivity index (χ0v) is 15.4. The molecule has 0 spiro atoms. The van der Waals surface area contributed by atoms with Gasteiger partial charge in [-0.3, -0.25) is 10.2 Å². The number of anilines is 1. The Bertz CT molecular complexity index is 871. The molecule has 1 aliphatic carbocycles. The van der Waals surface area contributed by atoms with Gasteiger partial charge in [-0.2, -0.15) is 5.10 Å². The van der Waals surface area contributed by atoms with Crippen LogP contribution in [0.3, 0.4) is 0 Å². The number of fused-ring (bicyclic) bond motifs is 1. The number of nitrogens with zero attached hydrogens (tertiary/aromatic N) is 1. The molecule has 0 aliphatic heterocycles. The van der Waals surface area contributed by atoms with Crippen LogP contribution in [0.4, 0.5) is 5.69 Å². The van der Waals surface area contributed by atoms with E-state index in [-0.39, 0.29) is 16.8 Å². The molecule has 1 amide bonds. The van der Waals surface area contributed by atoms with Crippen molar-refractivity contribution in [1.29, 1.82) is 0 Å². The number of furan rings is 1. The summed E-state index contributed by atoms with van der Waals surface area (Å²) in [7, 11) is 1.59. The highest BCUT2D eigenvalue weighted by molar-refractivity contribution is 7.80. The van der Waals surface area contributed by atoms with Gasteiger partial charge in [-0.15, -0.1) is 0 Å². The first kappa shape index (κ1) is 17.9. The second-order valence-corrected chi connectivity index (χ2v) is 6.36. The zero-order chi connectivity index (χ0) is 18.7. The van der Waals surface area contributed by atoms with Crippen LogP contribution in [0.2, 0.25) is 0 Å². The van der Waals surface area contributed by atoms with Crippen LogP contribution in [0.15, 0.2) is 33.8 Å². The van der Waals surface area contributed by atoms with E-state index in [1.807, 2.05) is 6.92 Å². The Kier molecular flexibility index (Phi) is 5.22. The van der Waals surface area contributed by atoms with E-state index in [9.17, 15) is 4.79 Å². The number of amides is 1. The van der Waals surface area contributed by atoms with Crippen molar-refractivity contribution in [3.8, 4) is 5.75 Å². The van der Waals surface area contributed by atoms with Gasteiger partial charge in [0.05, 0.1) is 12.8 Å². The predicted octanol–water partition coefficient (Wildman–Crippen LogP) is 2.72. The third-order valence-corrected chi connectivity index (χ3v) is 4.27. The van der Waals surface area contributed by atoms with Gasteiger partial charge in [0.15, 0.2) is 10.9 Å². The summed E-state index contributed by atoms with van der Waals surface area (Å²) in [4.78, 5) is 12.6. The smallest absolute Gasteiger partial charge is 0.291 e. The number of ether oxygens (including phenoxy) is 1. The molecule has 1 aliphatic rings. The van der Waals surface area contributed by atoms with Gasteiger partial charge in [0.2, 0.25) is 0 Å². The van der Waals surface area contributed by atoms with Crippen LogP contribution in [0.5, 0.6) is 5.75 Å². The Hall–Kier alpha value is -2.87. The van der Waals surface area contributed by atoms with Gasteiger partial charge in [-0.1, -0.05) is 0 Å². The molecule has 0 atom stereocenters. The summed E-state index contributed by atoms with van der Waals surface area (Å²) < 4.78 is 11.0. The minimum Gasteiger partial charge on any atom is -0.497 e. The van der Waals surface area contributed by atoms with Crippen LogP contribution >= 0.6 is 12.2 Å². The summed E-state index contributed by atoms with van der Waals surface area (Å²) in [6, 6.07) is 7.10. The Morgan fingerprint density at radius 1 is 1.31 bits per heavy atom. The fourth-order valence-electron chi connectivity index (χ4n) is 2.98. The molecule has 0 unspecified atom stereocenters. The van der Waals surface area contributed by atoms with E-state index in [2.05, 4.69) is 15.8 Å². The Morgan fingerprint density at radius 3 is 2.69 bits per heavy atom. The number of aryl methyl sites for hydroxylation is 1. The van der Waals surface area contributed by atoms with E-state index >= 15 is 0 Å². The van der Waals surface area contributed by atoms with Gasteiger partial charge in [-0.05, 0) is 56.2 Å². The van der Waals surface area contributed by atoms with Crippen molar-refractivity contribution in [2.45, 2.75) is 26.2 Å². The largest absolute Gasteiger partial charge is 0.497 e. The molecule has 136 valence electrons. The molecule has 1 aromatic carbocycles. The van der Waals surface area contributed by atoms with Crippen molar-refractivity contribution in [2.75, 3.05) is 12.4 Å². The van der Waals surface area contributed by atoms with Gasteiger partial charge in [0.1, 0.15) is 11.5 Å². The molecule has 4 N–H and O–H groups in total. The summed E-state index contributed by atoms with van der Waals surface area (Å²) >= 11 is 4.80. The Labute approximate surface area is 156 Å². The molecule has 3 rings (SSSR count). The number of methoxy groups -OCH3 is 1. The van der Waals surface area contributed by atoms with Crippen LogP contribution in [0.25, 0.3) is 0 Å². The summed E-state index contributed by atoms with van der Waals surface area (Å²) in [5.74, 6) is 1.47. The van der Waals surface area contributed by atoms with Crippen molar-refractivity contribution in [3.63, 3.8) is 0 Å². The van der Waals surface area contributed by atoms with E-state index < -0.39 is 0 Å². The number of nitrogens with two attached hydrogens (primary N) is 1. The van der Waals surface area contributed by atoms with E-state index in [4.69, 9.17) is 27.1 Å². The summed E-state index contributed by atoms with van der Waals surface area (Å²) in [5.41, 5.74) is 11.1. The fraction of sp³-hybridized carbons (Fsp3) is 0.278. The van der Waals surface area contributed by atoms with Crippen LogP contribution in [0.1, 0.15) is 40.3 Å². The number of hydrogen-bond acceptors (Lipinski definition) is 5. The third-order valence-electron chi connectivity index (χ3n) is 4.18. The van der Waals surface area contributed by atoms with Gasteiger partial charge in [0, 0.05) is 23.2 Å². The fourth-order valence-corrected chi connectivity index (χ4v) is 3.03. The second kappa shape index (κ2) is 7.57. The second-order valence-electron chi connectivity index (χ2n) is 5.93. The molecule has 26 heavy (non-hydrogen) atoms. The van der Waals surface area contributed by atoms with Crippen LogP contribution in [-0.2, 0) is 6.42 Å². The third kappa shape index (κ3) is 3.70. The summed E-state index contributed by atoms with van der Waals surface area (Å²) in [6.45, 7) is 1.85. The maximum Gasteiger partial charge on any atom is 0.291 e. The van der Waals surface area contributed by atoms with Crippen molar-refractivity contribution < 1.29 is 13.9 Å². The maximum absolute atomic E-state index is 12.6. The highest BCUT2D eigenvalue weighted by Gasteiger charge is 2.28. The molecular weight excluding hydrogens is 352 g/mol. The molecule has 8 heteroatoms. The molecule has 2 aromatic rings. The van der Waals surface area contributed by atoms with E-state index in [1.165, 1.54) is 0 Å². The number of rotatable bonds is 4. The topological polar surface area (TPSA) is 102 Å². The van der Waals surface area contributed by atoms with Crippen LogP contribution in [-0.4, -0.2) is 23.8 Å². The van der Waals surface area contributed by atoms with Crippen LogP contribution < -0.4 is 21.2 Å². The highest BCUT2D eigenvalue weighted by Crippen LogP contribution is 2.30. The minimum absolute atomic E-state index is 0.100. The van der Waals surface area contributed by atoms with Crippen molar-refractivity contribution in [2.24, 2.45) is 10.8 Å². The van der Waals surface area contributed by atoms with Gasteiger partial charge in [-0.25, -0.2) is 0 Å². The lowest BCUT2D eigenvalue weighted by Crippen LogP contribution is -2.26. The number of benzene rings is 1. The molecule has 1 heterocycles. The molecular formula is C18H20N4O3S. The average Bonchev–Trinajstić information content (AvgIpc) is 2.98. The predicted molar refractivity (Wildman–Crippen MR) is 104 cm³/mol. The molecule has 0 saturated heterocycles. The number of hydrogen-bond donors (Lipinski definition) is 3. The van der Waals surface area contributed by atoms with Gasteiger partial charge < -0.3 is 20.2 Å². The first-order chi connectivity index (χ1) is 12.5. The lowest BCUT2D eigenvalue weighted by Gasteiger charge is -2.13. The Balaban J connectivity index is 1.85.